The van der Waals surface area contributed by atoms with Crippen LogP contribution in [0.4, 0.5) is 23.2 Å². The number of thioether (sulfide) groups is 1. The van der Waals surface area contributed by atoms with Gasteiger partial charge in [-0.1, -0.05) is 6.07 Å². The van der Waals surface area contributed by atoms with Gasteiger partial charge in [-0.2, -0.15) is 23.2 Å². The molecule has 1 amide bonds. The highest BCUT2D eigenvalue weighted by molar-refractivity contribution is 8.02. The smallest absolute Gasteiger partial charge is 0.345 e. The van der Waals surface area contributed by atoms with Crippen LogP contribution in [-0.4, -0.2) is 29.3 Å². The van der Waals surface area contributed by atoms with Crippen molar-refractivity contribution in [2.75, 3.05) is 5.32 Å². The molecule has 0 unspecified atom stereocenters. The first-order valence-corrected chi connectivity index (χ1v) is 10.6. The zero-order chi connectivity index (χ0) is 22.3. The molecule has 30 heavy (non-hydrogen) atoms. The summed E-state index contributed by atoms with van der Waals surface area (Å²) < 4.78 is 80.3. The van der Waals surface area contributed by atoms with Gasteiger partial charge in [-0.15, -0.1) is 0 Å². The van der Waals surface area contributed by atoms with Crippen LogP contribution < -0.4 is 10.0 Å². The fraction of sp³-hybridized carbons (Fsp3) is 0.294. The van der Waals surface area contributed by atoms with Gasteiger partial charge in [-0.05, 0) is 42.8 Å². The number of alkyl halides is 3. The number of carbonyl (C=O) groups excluding carboxylic acids is 1. The lowest BCUT2D eigenvalue weighted by molar-refractivity contribution is -0.0336. The maximum Gasteiger partial charge on any atom is 0.443 e. The second-order valence-electron chi connectivity index (χ2n) is 6.55. The van der Waals surface area contributed by atoms with Gasteiger partial charge in [0.2, 0.25) is 10.0 Å². The fourth-order valence-corrected chi connectivity index (χ4v) is 5.29. The molecule has 7 nitrogen and oxygen atoms in total. The van der Waals surface area contributed by atoms with E-state index in [9.17, 15) is 30.8 Å². The highest BCUT2D eigenvalue weighted by atomic mass is 32.2. The number of hydrogen-bond acceptors (Lipinski definition) is 5. The number of halogens is 4. The predicted octanol–water partition coefficient (Wildman–Crippen LogP) is 3.31. The Bertz CT molecular complexity index is 1150. The first-order chi connectivity index (χ1) is 13.9. The number of anilines is 1. The van der Waals surface area contributed by atoms with Gasteiger partial charge >= 0.3 is 5.51 Å². The molecule has 2 N–H and O–H groups in total. The molecule has 0 aliphatic heterocycles. The highest BCUT2D eigenvalue weighted by Gasteiger charge is 2.54. The number of carbonyl (C=O) groups is 1. The number of benzene rings is 1. The van der Waals surface area contributed by atoms with Gasteiger partial charge in [0.25, 0.3) is 5.91 Å². The van der Waals surface area contributed by atoms with Crippen LogP contribution in [0.5, 0.6) is 0 Å². The number of aromatic nitrogens is 1. The summed E-state index contributed by atoms with van der Waals surface area (Å²) in [5, 5.41) is 11.1. The van der Waals surface area contributed by atoms with Crippen LogP contribution in [-0.2, 0) is 17.1 Å². The average Bonchev–Trinajstić information content (AvgIpc) is 3.21. The molecule has 13 heteroatoms. The normalized spacial score (nSPS) is 15.5. The lowest BCUT2D eigenvalue weighted by atomic mass is 10.2. The summed E-state index contributed by atoms with van der Waals surface area (Å²) in [4.78, 5) is 10.4. The van der Waals surface area contributed by atoms with Gasteiger partial charge in [-0.25, -0.2) is 12.8 Å². The van der Waals surface area contributed by atoms with Crippen molar-refractivity contribution >= 4 is 33.4 Å². The number of rotatable bonds is 6. The van der Waals surface area contributed by atoms with E-state index in [1.165, 1.54) is 25.2 Å². The number of sulfonamides is 1. The van der Waals surface area contributed by atoms with E-state index in [1.54, 1.807) is 6.07 Å². The SMILES string of the molecule is Cn1cc(S(=O)(=O)NC2(SC(F)(F)F)CC2)cc1C(=O)Nc1cccc(C#N)c1F. The largest absolute Gasteiger partial charge is 0.443 e. The summed E-state index contributed by atoms with van der Waals surface area (Å²) in [7, 11) is -2.99. The van der Waals surface area contributed by atoms with Gasteiger partial charge < -0.3 is 9.88 Å². The molecule has 0 atom stereocenters. The molecular formula is C17H14F4N4O3S2. The van der Waals surface area contributed by atoms with Gasteiger partial charge in [-0.3, -0.25) is 4.79 Å². The number of amides is 1. The minimum absolute atomic E-state index is 0.0189. The van der Waals surface area contributed by atoms with Crippen molar-refractivity contribution in [3.8, 4) is 6.07 Å². The second-order valence-corrected chi connectivity index (χ2v) is 9.68. The molecule has 1 aromatic carbocycles. The van der Waals surface area contributed by atoms with E-state index < -0.39 is 48.8 Å². The van der Waals surface area contributed by atoms with Crippen molar-refractivity contribution in [1.29, 1.82) is 5.26 Å². The minimum atomic E-state index is -4.61. The summed E-state index contributed by atoms with van der Waals surface area (Å²) in [6.07, 6.45) is 1.10. The molecule has 1 aromatic heterocycles. The zero-order valence-electron chi connectivity index (χ0n) is 15.2. The number of nitrogens with zero attached hydrogens (tertiary/aromatic N) is 2. The highest BCUT2D eigenvalue weighted by Crippen LogP contribution is 2.53. The van der Waals surface area contributed by atoms with Crippen molar-refractivity contribution in [2.45, 2.75) is 28.1 Å². The Morgan fingerprint density at radius 1 is 1.33 bits per heavy atom. The Labute approximate surface area is 173 Å². The van der Waals surface area contributed by atoms with Crippen LogP contribution >= 0.6 is 11.8 Å². The van der Waals surface area contributed by atoms with Crippen molar-refractivity contribution in [1.82, 2.24) is 9.29 Å². The molecule has 0 spiro atoms. The monoisotopic (exact) mass is 462 g/mol. The van der Waals surface area contributed by atoms with Crippen LogP contribution in [0.2, 0.25) is 0 Å². The summed E-state index contributed by atoms with van der Waals surface area (Å²) in [5.74, 6) is -1.81. The van der Waals surface area contributed by atoms with Crippen molar-refractivity contribution in [3.63, 3.8) is 0 Å². The maximum absolute atomic E-state index is 14.1. The summed E-state index contributed by atoms with van der Waals surface area (Å²) >= 11 is -0.429. The molecule has 160 valence electrons. The molecule has 0 saturated heterocycles. The van der Waals surface area contributed by atoms with E-state index in [2.05, 4.69) is 5.32 Å². The molecule has 1 aliphatic rings. The average molecular weight is 462 g/mol. The van der Waals surface area contributed by atoms with Crippen LogP contribution in [0.1, 0.15) is 28.9 Å². The lowest BCUT2D eigenvalue weighted by Crippen LogP contribution is -2.36. The molecule has 0 radical (unpaired) electrons. The van der Waals surface area contributed by atoms with Gasteiger partial charge in [0.05, 0.1) is 16.1 Å². The minimum Gasteiger partial charge on any atom is -0.345 e. The first-order valence-electron chi connectivity index (χ1n) is 8.33. The standard InChI is InChI=1S/C17H14F4N4O3S2/c1-25-9-11(30(27,28)24-16(5-6-16)29-17(19,20)21)7-13(25)15(26)23-12-4-2-3-10(8-22)14(12)18/h2-4,7,9,24H,5-6H2,1H3,(H,23,26). The molecule has 0 bridgehead atoms. The van der Waals surface area contributed by atoms with E-state index in [-0.39, 0.29) is 29.8 Å². The van der Waals surface area contributed by atoms with E-state index in [1.807, 2.05) is 4.72 Å². The van der Waals surface area contributed by atoms with Gasteiger partial charge in [0, 0.05) is 13.2 Å². The van der Waals surface area contributed by atoms with Crippen LogP contribution in [0.15, 0.2) is 35.4 Å². The Morgan fingerprint density at radius 2 is 2.00 bits per heavy atom. The number of nitriles is 1. The third kappa shape index (κ3) is 4.77. The summed E-state index contributed by atoms with van der Waals surface area (Å²) in [6.45, 7) is 0. The Balaban J connectivity index is 1.81. The first kappa shape index (κ1) is 22.1. The lowest BCUT2D eigenvalue weighted by Gasteiger charge is -2.17. The van der Waals surface area contributed by atoms with Gasteiger partial charge in [0.1, 0.15) is 16.7 Å². The molecule has 1 fully saturated rings. The predicted molar refractivity (Wildman–Crippen MR) is 100 cm³/mol. The third-order valence-electron chi connectivity index (χ3n) is 4.23. The van der Waals surface area contributed by atoms with Crippen molar-refractivity contribution < 1.29 is 30.8 Å². The maximum atomic E-state index is 14.1. The van der Waals surface area contributed by atoms with E-state index in [0.717, 1.165) is 16.8 Å². The molecule has 2 aromatic rings. The molecule has 1 aliphatic carbocycles. The van der Waals surface area contributed by atoms with E-state index in [0.29, 0.717) is 0 Å². The quantitative estimate of drug-likeness (QED) is 0.506. The topological polar surface area (TPSA) is 104 Å². The fourth-order valence-electron chi connectivity index (χ4n) is 2.67. The molecule has 3 rings (SSSR count). The van der Waals surface area contributed by atoms with Crippen LogP contribution in [0, 0.1) is 17.1 Å². The second kappa shape index (κ2) is 7.60. The summed E-state index contributed by atoms with van der Waals surface area (Å²) in [5.41, 5.74) is -5.35. The van der Waals surface area contributed by atoms with Crippen molar-refractivity contribution in [3.05, 3.63) is 47.5 Å². The number of hydrogen-bond donors (Lipinski definition) is 2. The zero-order valence-corrected chi connectivity index (χ0v) is 16.9. The Kier molecular flexibility index (Phi) is 5.61. The van der Waals surface area contributed by atoms with Gasteiger partial charge in [0.15, 0.2) is 5.82 Å². The third-order valence-corrected chi connectivity index (χ3v) is 6.99. The Morgan fingerprint density at radius 3 is 2.57 bits per heavy atom. The molecular weight excluding hydrogens is 448 g/mol. The van der Waals surface area contributed by atoms with Crippen molar-refractivity contribution in [2.24, 2.45) is 7.05 Å². The molecule has 1 saturated carbocycles. The Hall–Kier alpha value is -2.56. The van der Waals surface area contributed by atoms with Crippen LogP contribution in [0.25, 0.3) is 0 Å². The van der Waals surface area contributed by atoms with E-state index >= 15 is 0 Å². The van der Waals surface area contributed by atoms with Crippen LogP contribution in [0.3, 0.4) is 0 Å². The number of nitrogens with one attached hydrogen (secondary N) is 2. The number of aryl methyl sites for hydroxylation is 1. The summed E-state index contributed by atoms with van der Waals surface area (Å²) in [6, 6.07) is 6.40. The van der Waals surface area contributed by atoms with E-state index in [4.69, 9.17) is 5.26 Å². The molecule has 1 heterocycles.